The molecule has 1 aromatic heterocycles. The number of nitrogens with one attached hydrogen (secondary N) is 2. The molecule has 138 valence electrons. The maximum atomic E-state index is 12.3. The molecule has 1 aliphatic rings. The van der Waals surface area contributed by atoms with E-state index in [0.717, 1.165) is 17.7 Å². The number of nitrogens with zero attached hydrogens (tertiary/aromatic N) is 1. The van der Waals surface area contributed by atoms with E-state index >= 15 is 0 Å². The third-order valence-corrected chi connectivity index (χ3v) is 4.90. The number of amides is 1. The van der Waals surface area contributed by atoms with Gasteiger partial charge in [-0.3, -0.25) is 4.79 Å². The first-order valence-corrected chi connectivity index (χ1v) is 9.69. The van der Waals surface area contributed by atoms with Crippen molar-refractivity contribution in [2.24, 2.45) is 0 Å². The molecule has 0 bridgehead atoms. The molecule has 3 aromatic rings. The lowest BCUT2D eigenvalue weighted by Gasteiger charge is -2.10. The summed E-state index contributed by atoms with van der Waals surface area (Å²) >= 11 is 1.36. The average Bonchev–Trinajstić information content (AvgIpc) is 3.05. The van der Waals surface area contributed by atoms with Crippen LogP contribution in [0.5, 0.6) is 11.5 Å². The zero-order valence-electron chi connectivity index (χ0n) is 14.6. The van der Waals surface area contributed by atoms with E-state index in [1.54, 1.807) is 12.3 Å². The van der Waals surface area contributed by atoms with Crippen LogP contribution in [0.1, 0.15) is 6.42 Å². The van der Waals surface area contributed by atoms with Crippen molar-refractivity contribution in [3.63, 3.8) is 0 Å². The van der Waals surface area contributed by atoms with Crippen molar-refractivity contribution in [2.75, 3.05) is 24.3 Å². The minimum absolute atomic E-state index is 0.104. The number of aromatic amines is 1. The zero-order valence-corrected chi connectivity index (χ0v) is 15.4. The van der Waals surface area contributed by atoms with Crippen LogP contribution in [0.3, 0.4) is 0 Å². The van der Waals surface area contributed by atoms with Crippen LogP contribution in [0, 0.1) is 0 Å². The minimum atomic E-state index is -0.104. The molecule has 2 heterocycles. The first-order chi connectivity index (χ1) is 13.3. The monoisotopic (exact) mass is 381 g/mol. The van der Waals surface area contributed by atoms with Gasteiger partial charge in [0.2, 0.25) is 5.91 Å². The summed E-state index contributed by atoms with van der Waals surface area (Å²) in [5.41, 5.74) is 2.68. The third kappa shape index (κ3) is 4.43. The Morgan fingerprint density at radius 2 is 1.93 bits per heavy atom. The van der Waals surface area contributed by atoms with E-state index in [-0.39, 0.29) is 11.7 Å². The summed E-state index contributed by atoms with van der Waals surface area (Å²) in [6.45, 7) is 1.26. The zero-order chi connectivity index (χ0) is 18.5. The Morgan fingerprint density at radius 1 is 1.11 bits per heavy atom. The van der Waals surface area contributed by atoms with E-state index in [1.165, 1.54) is 11.8 Å². The fourth-order valence-corrected chi connectivity index (χ4v) is 3.36. The van der Waals surface area contributed by atoms with Gasteiger partial charge in [-0.1, -0.05) is 42.1 Å². The number of ether oxygens (including phenoxy) is 2. The summed E-state index contributed by atoms with van der Waals surface area (Å²) in [7, 11) is 0. The summed E-state index contributed by atoms with van der Waals surface area (Å²) in [4.78, 5) is 19.8. The van der Waals surface area contributed by atoms with E-state index < -0.39 is 0 Å². The van der Waals surface area contributed by atoms with E-state index in [9.17, 15) is 4.79 Å². The third-order valence-electron chi connectivity index (χ3n) is 4.01. The second kappa shape index (κ2) is 8.18. The van der Waals surface area contributed by atoms with Gasteiger partial charge in [0.15, 0.2) is 16.7 Å². The number of carbonyl (C=O) groups excluding carboxylic acids is 1. The molecule has 1 aliphatic heterocycles. The first kappa shape index (κ1) is 17.5. The molecule has 27 heavy (non-hydrogen) atoms. The van der Waals surface area contributed by atoms with Gasteiger partial charge in [-0.05, 0) is 17.7 Å². The summed E-state index contributed by atoms with van der Waals surface area (Å²) < 4.78 is 11.2. The number of thioether (sulfide) groups is 1. The molecular weight excluding hydrogens is 362 g/mol. The van der Waals surface area contributed by atoms with Crippen LogP contribution in [-0.4, -0.2) is 34.8 Å². The summed E-state index contributed by atoms with van der Waals surface area (Å²) in [5, 5.41) is 3.59. The molecule has 0 atom stereocenters. The standard InChI is InChI=1S/C20H19N3O3S/c24-19(22-15-7-8-17-18(11-15)26-10-4-9-25-17)13-27-20-21-12-16(23-20)14-5-2-1-3-6-14/h1-3,5-8,11-12H,4,9-10,13H2,(H,21,23)(H,22,24). The number of H-pyrrole nitrogens is 1. The molecule has 0 saturated carbocycles. The maximum Gasteiger partial charge on any atom is 0.234 e. The number of imidazole rings is 1. The minimum Gasteiger partial charge on any atom is -0.490 e. The second-order valence-corrected chi connectivity index (χ2v) is 6.98. The van der Waals surface area contributed by atoms with E-state index in [0.29, 0.717) is 35.6 Å². The highest BCUT2D eigenvalue weighted by Crippen LogP contribution is 2.32. The van der Waals surface area contributed by atoms with Crippen molar-refractivity contribution in [1.29, 1.82) is 0 Å². The molecule has 0 unspecified atom stereocenters. The van der Waals surface area contributed by atoms with E-state index in [4.69, 9.17) is 9.47 Å². The quantitative estimate of drug-likeness (QED) is 0.654. The molecule has 7 heteroatoms. The molecule has 2 N–H and O–H groups in total. The number of hydrogen-bond acceptors (Lipinski definition) is 5. The Bertz CT molecular complexity index is 927. The van der Waals surface area contributed by atoms with Crippen molar-refractivity contribution >= 4 is 23.4 Å². The lowest BCUT2D eigenvalue weighted by Crippen LogP contribution is -2.14. The molecule has 0 saturated heterocycles. The maximum absolute atomic E-state index is 12.3. The fourth-order valence-electron chi connectivity index (χ4n) is 2.71. The van der Waals surface area contributed by atoms with Crippen molar-refractivity contribution in [2.45, 2.75) is 11.6 Å². The Morgan fingerprint density at radius 3 is 2.78 bits per heavy atom. The topological polar surface area (TPSA) is 76.2 Å². The Labute approximate surface area is 161 Å². The highest BCUT2D eigenvalue weighted by molar-refractivity contribution is 7.99. The van der Waals surface area contributed by atoms with Gasteiger partial charge in [0.05, 0.1) is 30.9 Å². The van der Waals surface area contributed by atoms with Crippen LogP contribution in [0.4, 0.5) is 5.69 Å². The van der Waals surface area contributed by atoms with Crippen LogP contribution < -0.4 is 14.8 Å². The summed E-state index contributed by atoms with van der Waals surface area (Å²) in [6.07, 6.45) is 2.63. The number of carbonyl (C=O) groups is 1. The van der Waals surface area contributed by atoms with Gasteiger partial charge in [-0.2, -0.15) is 0 Å². The SMILES string of the molecule is O=C(CSc1ncc(-c2ccccc2)[nH]1)Nc1ccc2c(c1)OCCCO2. The number of hydrogen-bond donors (Lipinski definition) is 2. The number of fused-ring (bicyclic) bond motifs is 1. The first-order valence-electron chi connectivity index (χ1n) is 8.71. The molecule has 2 aromatic carbocycles. The number of benzene rings is 2. The number of rotatable bonds is 5. The predicted octanol–water partition coefficient (Wildman–Crippen LogP) is 3.97. The largest absolute Gasteiger partial charge is 0.490 e. The highest BCUT2D eigenvalue weighted by Gasteiger charge is 2.12. The summed E-state index contributed by atoms with van der Waals surface area (Å²) in [6, 6.07) is 15.4. The molecule has 0 radical (unpaired) electrons. The normalized spacial score (nSPS) is 13.0. The molecule has 0 aliphatic carbocycles. The molecule has 6 nitrogen and oxygen atoms in total. The van der Waals surface area contributed by atoms with Crippen LogP contribution in [0.15, 0.2) is 59.9 Å². The van der Waals surface area contributed by atoms with Crippen molar-refractivity contribution in [1.82, 2.24) is 9.97 Å². The fraction of sp³-hybridized carbons (Fsp3) is 0.200. The van der Waals surface area contributed by atoms with Gasteiger partial charge in [-0.25, -0.2) is 4.98 Å². The number of aromatic nitrogens is 2. The van der Waals surface area contributed by atoms with Gasteiger partial charge >= 0.3 is 0 Å². The molecule has 4 rings (SSSR count). The van der Waals surface area contributed by atoms with Crippen molar-refractivity contribution in [3.05, 3.63) is 54.7 Å². The molecule has 0 fully saturated rings. The van der Waals surface area contributed by atoms with Crippen molar-refractivity contribution in [3.8, 4) is 22.8 Å². The smallest absolute Gasteiger partial charge is 0.234 e. The van der Waals surface area contributed by atoms with Gasteiger partial charge < -0.3 is 19.8 Å². The number of anilines is 1. The Balaban J connectivity index is 1.34. The van der Waals surface area contributed by atoms with Crippen LogP contribution >= 0.6 is 11.8 Å². The van der Waals surface area contributed by atoms with Gasteiger partial charge in [0.1, 0.15) is 0 Å². The van der Waals surface area contributed by atoms with E-state index in [1.807, 2.05) is 42.5 Å². The van der Waals surface area contributed by atoms with Crippen molar-refractivity contribution < 1.29 is 14.3 Å². The van der Waals surface area contributed by atoms with Crippen LogP contribution in [-0.2, 0) is 4.79 Å². The van der Waals surface area contributed by atoms with Crippen LogP contribution in [0.25, 0.3) is 11.3 Å². The lowest BCUT2D eigenvalue weighted by molar-refractivity contribution is -0.113. The Hall–Kier alpha value is -2.93. The molecule has 1 amide bonds. The van der Waals surface area contributed by atoms with Gasteiger partial charge in [-0.15, -0.1) is 0 Å². The Kier molecular flexibility index (Phi) is 5.29. The average molecular weight is 381 g/mol. The predicted molar refractivity (Wildman–Crippen MR) is 105 cm³/mol. The van der Waals surface area contributed by atoms with E-state index in [2.05, 4.69) is 15.3 Å². The highest BCUT2D eigenvalue weighted by atomic mass is 32.2. The van der Waals surface area contributed by atoms with Gasteiger partial charge in [0.25, 0.3) is 0 Å². The second-order valence-electron chi connectivity index (χ2n) is 6.02. The lowest BCUT2D eigenvalue weighted by atomic mass is 10.2. The van der Waals surface area contributed by atoms with Crippen LogP contribution in [0.2, 0.25) is 0 Å². The summed E-state index contributed by atoms with van der Waals surface area (Å²) in [5.74, 6) is 1.53. The molecule has 0 spiro atoms. The molecular formula is C20H19N3O3S. The van der Waals surface area contributed by atoms with Gasteiger partial charge in [0, 0.05) is 18.2 Å².